The van der Waals surface area contributed by atoms with Crippen molar-refractivity contribution >= 4 is 34.8 Å². The fraction of sp³-hybridized carbons (Fsp3) is 0.320. The molecule has 0 saturated carbocycles. The van der Waals surface area contributed by atoms with Crippen molar-refractivity contribution in [1.29, 1.82) is 0 Å². The zero-order valence-electron chi connectivity index (χ0n) is 19.0. The summed E-state index contributed by atoms with van der Waals surface area (Å²) >= 11 is 7.77. The Morgan fingerprint density at radius 2 is 1.72 bits per heavy atom. The molecule has 0 unspecified atom stereocenters. The van der Waals surface area contributed by atoms with E-state index in [2.05, 4.69) is 9.88 Å². The number of carbonyl (C=O) groups excluding carboxylic acids is 2. The van der Waals surface area contributed by atoms with Crippen molar-refractivity contribution in [2.75, 3.05) is 39.3 Å². The monoisotopic (exact) mass is 534 g/mol. The molecule has 0 N–H and O–H groups in total. The van der Waals surface area contributed by atoms with Crippen LogP contribution in [0, 0.1) is 0 Å². The van der Waals surface area contributed by atoms with Crippen molar-refractivity contribution in [2.24, 2.45) is 0 Å². The lowest BCUT2D eigenvalue weighted by Crippen LogP contribution is -2.64. The zero-order chi connectivity index (χ0) is 25.4. The molecular weight excluding hydrogens is 513 g/mol. The van der Waals surface area contributed by atoms with E-state index in [-0.39, 0.29) is 22.9 Å². The average Bonchev–Trinajstić information content (AvgIpc) is 3.37. The molecule has 3 heterocycles. The summed E-state index contributed by atoms with van der Waals surface area (Å²) in [6.45, 7) is 3.86. The molecule has 1 aromatic heterocycles. The Morgan fingerprint density at radius 3 is 2.36 bits per heavy atom. The lowest BCUT2D eigenvalue weighted by Gasteiger charge is -2.48. The van der Waals surface area contributed by atoms with Gasteiger partial charge in [-0.15, -0.1) is 11.3 Å². The second-order valence-corrected chi connectivity index (χ2v) is 9.96. The van der Waals surface area contributed by atoms with Crippen LogP contribution in [0.5, 0.6) is 0 Å². The lowest BCUT2D eigenvalue weighted by atomic mass is 9.99. The molecule has 36 heavy (non-hydrogen) atoms. The Bertz CT molecular complexity index is 1270. The molecule has 0 bridgehead atoms. The van der Waals surface area contributed by atoms with Gasteiger partial charge in [-0.2, -0.15) is 13.2 Å². The fourth-order valence-electron chi connectivity index (χ4n) is 4.55. The number of carbonyl (C=O) groups is 2. The normalized spacial score (nSPS) is 17.2. The predicted molar refractivity (Wildman–Crippen MR) is 131 cm³/mol. The molecule has 0 spiro atoms. The van der Waals surface area contributed by atoms with Gasteiger partial charge in [-0.05, 0) is 29.8 Å². The summed E-state index contributed by atoms with van der Waals surface area (Å²) < 4.78 is 39.2. The largest absolute Gasteiger partial charge is 0.416 e. The maximum absolute atomic E-state index is 13.1. The van der Waals surface area contributed by atoms with Crippen LogP contribution in [-0.4, -0.2) is 76.8 Å². The number of alkyl halides is 3. The predicted octanol–water partition coefficient (Wildman–Crippen LogP) is 4.76. The number of likely N-dealkylation sites (tertiary alicyclic amines) is 1. The minimum Gasteiger partial charge on any atom is -0.335 e. The topological polar surface area (TPSA) is 56.8 Å². The van der Waals surface area contributed by atoms with E-state index in [0.717, 1.165) is 25.2 Å². The van der Waals surface area contributed by atoms with Gasteiger partial charge in [0.15, 0.2) is 0 Å². The minimum atomic E-state index is -4.45. The Balaban J connectivity index is 1.17. The standard InChI is InChI=1S/C25H22ClF3N4O2S/c26-21-11-17(4-5-20(21)16-2-1-3-18(10-16)25(27,28)29)23(34)33-12-19(13-33)31-6-8-32(9-7-31)24(35)22-14-36-15-30-22/h1-5,10-11,14-15,19H,6-9,12-13H2. The van der Waals surface area contributed by atoms with E-state index in [0.29, 0.717) is 48.6 Å². The maximum Gasteiger partial charge on any atom is 0.416 e. The smallest absolute Gasteiger partial charge is 0.335 e. The molecule has 5 rings (SSSR count). The number of rotatable bonds is 4. The van der Waals surface area contributed by atoms with Gasteiger partial charge in [0.2, 0.25) is 0 Å². The van der Waals surface area contributed by atoms with Crippen LogP contribution in [0.1, 0.15) is 26.4 Å². The quantitative estimate of drug-likeness (QED) is 0.484. The number of amides is 2. The molecule has 11 heteroatoms. The van der Waals surface area contributed by atoms with E-state index in [1.165, 1.54) is 23.5 Å². The third kappa shape index (κ3) is 4.98. The Morgan fingerprint density at radius 1 is 0.972 bits per heavy atom. The molecule has 3 aromatic rings. The van der Waals surface area contributed by atoms with Gasteiger partial charge in [0.05, 0.1) is 11.1 Å². The van der Waals surface area contributed by atoms with Gasteiger partial charge in [-0.3, -0.25) is 14.5 Å². The van der Waals surface area contributed by atoms with Crippen LogP contribution in [0.4, 0.5) is 13.2 Å². The summed E-state index contributed by atoms with van der Waals surface area (Å²) in [5.74, 6) is -0.215. The SMILES string of the molecule is O=C(c1ccc(-c2cccc(C(F)(F)F)c2)c(Cl)c1)N1CC(N2CCN(C(=O)c3cscn3)CC2)C1. The van der Waals surface area contributed by atoms with Gasteiger partial charge in [-0.1, -0.05) is 29.8 Å². The van der Waals surface area contributed by atoms with Crippen molar-refractivity contribution in [3.05, 3.63) is 75.2 Å². The Labute approximate surface area is 214 Å². The zero-order valence-corrected chi connectivity index (χ0v) is 20.6. The molecule has 2 saturated heterocycles. The average molecular weight is 535 g/mol. The number of nitrogens with zero attached hydrogens (tertiary/aromatic N) is 4. The number of hydrogen-bond donors (Lipinski definition) is 0. The first-order valence-electron chi connectivity index (χ1n) is 11.4. The molecule has 0 radical (unpaired) electrons. The number of hydrogen-bond acceptors (Lipinski definition) is 5. The second kappa shape index (κ2) is 9.84. The molecule has 0 aliphatic carbocycles. The summed E-state index contributed by atoms with van der Waals surface area (Å²) in [5.41, 5.74) is 2.54. The highest BCUT2D eigenvalue weighted by atomic mass is 35.5. The molecule has 2 fully saturated rings. The van der Waals surface area contributed by atoms with Gasteiger partial charge < -0.3 is 9.80 Å². The summed E-state index contributed by atoms with van der Waals surface area (Å²) in [6, 6.07) is 9.87. The third-order valence-corrected chi connectivity index (χ3v) is 7.53. The molecule has 6 nitrogen and oxygen atoms in total. The number of aromatic nitrogens is 1. The first kappa shape index (κ1) is 24.7. The summed E-state index contributed by atoms with van der Waals surface area (Å²) in [7, 11) is 0. The van der Waals surface area contributed by atoms with Crippen LogP contribution in [0.15, 0.2) is 53.4 Å². The van der Waals surface area contributed by atoms with E-state index < -0.39 is 11.7 Å². The highest BCUT2D eigenvalue weighted by Crippen LogP contribution is 2.35. The Kier molecular flexibility index (Phi) is 6.76. The van der Waals surface area contributed by atoms with Crippen LogP contribution >= 0.6 is 22.9 Å². The van der Waals surface area contributed by atoms with Crippen molar-refractivity contribution in [1.82, 2.24) is 19.7 Å². The van der Waals surface area contributed by atoms with Crippen LogP contribution in [0.3, 0.4) is 0 Å². The van der Waals surface area contributed by atoms with Gasteiger partial charge in [-0.25, -0.2) is 4.98 Å². The molecule has 188 valence electrons. The van der Waals surface area contributed by atoms with Crippen molar-refractivity contribution in [3.63, 3.8) is 0 Å². The van der Waals surface area contributed by atoms with Gasteiger partial charge in [0, 0.05) is 66.8 Å². The fourth-order valence-corrected chi connectivity index (χ4v) is 5.37. The maximum atomic E-state index is 13.1. The number of thiazole rings is 1. The van der Waals surface area contributed by atoms with Gasteiger partial charge in [0.1, 0.15) is 5.69 Å². The van der Waals surface area contributed by atoms with Crippen molar-refractivity contribution in [3.8, 4) is 11.1 Å². The van der Waals surface area contributed by atoms with Crippen LogP contribution in [0.2, 0.25) is 5.02 Å². The first-order chi connectivity index (χ1) is 17.2. The highest BCUT2D eigenvalue weighted by Gasteiger charge is 2.37. The molecule has 2 aliphatic rings. The summed E-state index contributed by atoms with van der Waals surface area (Å²) in [5, 5.41) is 1.97. The van der Waals surface area contributed by atoms with Crippen molar-refractivity contribution in [2.45, 2.75) is 12.2 Å². The van der Waals surface area contributed by atoms with Crippen LogP contribution in [-0.2, 0) is 6.18 Å². The number of benzene rings is 2. The van der Waals surface area contributed by atoms with Gasteiger partial charge in [0.25, 0.3) is 11.8 Å². The lowest BCUT2D eigenvalue weighted by molar-refractivity contribution is -0.137. The van der Waals surface area contributed by atoms with E-state index in [4.69, 9.17) is 11.6 Å². The van der Waals surface area contributed by atoms with Crippen molar-refractivity contribution < 1.29 is 22.8 Å². The highest BCUT2D eigenvalue weighted by molar-refractivity contribution is 7.07. The number of halogens is 4. The van der Waals surface area contributed by atoms with Crippen LogP contribution in [0.25, 0.3) is 11.1 Å². The molecule has 2 amide bonds. The third-order valence-electron chi connectivity index (χ3n) is 6.64. The molecule has 2 aromatic carbocycles. The summed E-state index contributed by atoms with van der Waals surface area (Å²) in [6.07, 6.45) is -4.45. The van der Waals surface area contributed by atoms with Crippen LogP contribution < -0.4 is 0 Å². The minimum absolute atomic E-state index is 0.0493. The van der Waals surface area contributed by atoms with E-state index in [1.807, 2.05) is 0 Å². The van der Waals surface area contributed by atoms with E-state index in [1.54, 1.807) is 38.9 Å². The van der Waals surface area contributed by atoms with E-state index >= 15 is 0 Å². The first-order valence-corrected chi connectivity index (χ1v) is 12.7. The Hall–Kier alpha value is -2.95. The number of piperazine rings is 1. The second-order valence-electron chi connectivity index (χ2n) is 8.84. The molecule has 2 aliphatic heterocycles. The molecule has 0 atom stereocenters. The molecular formula is C25H22ClF3N4O2S. The van der Waals surface area contributed by atoms with Gasteiger partial charge >= 0.3 is 6.18 Å². The summed E-state index contributed by atoms with van der Waals surface area (Å²) in [4.78, 5) is 35.3. The van der Waals surface area contributed by atoms with E-state index in [9.17, 15) is 22.8 Å².